The molecule has 0 bridgehead atoms. The lowest BCUT2D eigenvalue weighted by Crippen LogP contribution is -2.50. The van der Waals surface area contributed by atoms with E-state index in [0.717, 1.165) is 18.4 Å². The summed E-state index contributed by atoms with van der Waals surface area (Å²) >= 11 is 0. The first-order chi connectivity index (χ1) is 13.5. The van der Waals surface area contributed by atoms with E-state index < -0.39 is 16.1 Å². The molecule has 3 rings (SSSR count). The van der Waals surface area contributed by atoms with Crippen LogP contribution in [0.15, 0.2) is 30.3 Å². The molecule has 8 nitrogen and oxygen atoms in total. The highest BCUT2D eigenvalue weighted by molar-refractivity contribution is 7.89. The van der Waals surface area contributed by atoms with E-state index in [4.69, 9.17) is 4.74 Å². The molecule has 1 aromatic carbocycles. The maximum atomic E-state index is 12.8. The van der Waals surface area contributed by atoms with Crippen LogP contribution in [0.5, 0.6) is 5.75 Å². The van der Waals surface area contributed by atoms with Crippen LogP contribution >= 0.6 is 0 Å². The highest BCUT2D eigenvalue weighted by Crippen LogP contribution is 2.29. The van der Waals surface area contributed by atoms with Gasteiger partial charge in [-0.3, -0.25) is 9.89 Å². The molecule has 0 radical (unpaired) electrons. The lowest BCUT2D eigenvalue weighted by Gasteiger charge is -2.33. The van der Waals surface area contributed by atoms with E-state index in [-0.39, 0.29) is 11.7 Å². The number of piperidine rings is 1. The number of rotatable bonds is 7. The minimum atomic E-state index is -3.44. The van der Waals surface area contributed by atoms with E-state index in [1.807, 2.05) is 31.2 Å². The van der Waals surface area contributed by atoms with Crippen molar-refractivity contribution in [1.29, 1.82) is 0 Å². The summed E-state index contributed by atoms with van der Waals surface area (Å²) in [4.78, 5) is 12.8. The number of aromatic nitrogens is 2. The number of H-pyrrole nitrogens is 1. The topological polar surface area (TPSA) is 104 Å². The van der Waals surface area contributed by atoms with Gasteiger partial charge in [-0.05, 0) is 31.4 Å². The number of ether oxygens (including phenoxy) is 1. The predicted octanol–water partition coefficient (Wildman–Crippen LogP) is 2.62. The molecule has 28 heavy (non-hydrogen) atoms. The van der Waals surface area contributed by atoms with Crippen LogP contribution in [0.1, 0.15) is 32.6 Å². The molecule has 0 aliphatic carbocycles. The van der Waals surface area contributed by atoms with Gasteiger partial charge in [0.1, 0.15) is 11.8 Å². The van der Waals surface area contributed by atoms with E-state index in [9.17, 15) is 13.2 Å². The molecule has 1 unspecified atom stereocenters. The van der Waals surface area contributed by atoms with Gasteiger partial charge in [0.05, 0.1) is 18.6 Å². The van der Waals surface area contributed by atoms with Gasteiger partial charge in [0.15, 0.2) is 5.82 Å². The molecule has 2 heterocycles. The van der Waals surface area contributed by atoms with Gasteiger partial charge in [-0.1, -0.05) is 25.5 Å². The second kappa shape index (κ2) is 8.74. The van der Waals surface area contributed by atoms with Gasteiger partial charge in [0.2, 0.25) is 15.9 Å². The zero-order valence-electron chi connectivity index (χ0n) is 16.1. The fourth-order valence-corrected chi connectivity index (χ4v) is 5.22. The fourth-order valence-electron chi connectivity index (χ4n) is 3.48. The van der Waals surface area contributed by atoms with Crippen molar-refractivity contribution < 1.29 is 17.9 Å². The number of para-hydroxylation sites is 1. The molecule has 0 spiro atoms. The summed E-state index contributed by atoms with van der Waals surface area (Å²) in [7, 11) is -1.85. The van der Waals surface area contributed by atoms with Gasteiger partial charge < -0.3 is 10.1 Å². The molecule has 152 valence electrons. The Kier molecular flexibility index (Phi) is 6.35. The number of nitrogens with one attached hydrogen (secondary N) is 2. The van der Waals surface area contributed by atoms with E-state index >= 15 is 0 Å². The van der Waals surface area contributed by atoms with Gasteiger partial charge in [-0.2, -0.15) is 9.40 Å². The summed E-state index contributed by atoms with van der Waals surface area (Å²) in [5.74, 6) is 0.742. The number of sulfonamides is 1. The van der Waals surface area contributed by atoms with Crippen LogP contribution < -0.4 is 10.1 Å². The van der Waals surface area contributed by atoms with Crippen LogP contribution in [0.3, 0.4) is 0 Å². The van der Waals surface area contributed by atoms with Crippen molar-refractivity contribution in [2.45, 2.75) is 38.6 Å². The van der Waals surface area contributed by atoms with Crippen molar-refractivity contribution in [2.24, 2.45) is 0 Å². The monoisotopic (exact) mass is 406 g/mol. The minimum absolute atomic E-state index is 0.0527. The van der Waals surface area contributed by atoms with Crippen LogP contribution in [0, 0.1) is 0 Å². The van der Waals surface area contributed by atoms with Crippen molar-refractivity contribution in [1.82, 2.24) is 14.5 Å². The number of nitrogens with zero attached hydrogens (tertiary/aromatic N) is 2. The van der Waals surface area contributed by atoms with Gasteiger partial charge in [-0.15, -0.1) is 0 Å². The average molecular weight is 407 g/mol. The molecule has 1 fully saturated rings. The van der Waals surface area contributed by atoms with Gasteiger partial charge in [-0.25, -0.2) is 8.42 Å². The molecule has 1 aromatic heterocycles. The highest BCUT2D eigenvalue weighted by atomic mass is 32.2. The molecular formula is C19H26N4O4S. The lowest BCUT2D eigenvalue weighted by molar-refractivity contribution is -0.120. The number of hydrogen-bond donors (Lipinski definition) is 2. The Morgan fingerprint density at radius 2 is 2.14 bits per heavy atom. The van der Waals surface area contributed by atoms with Gasteiger partial charge >= 0.3 is 0 Å². The minimum Gasteiger partial charge on any atom is -0.496 e. The third kappa shape index (κ3) is 4.36. The molecule has 1 saturated heterocycles. The van der Waals surface area contributed by atoms with Crippen molar-refractivity contribution in [3.05, 3.63) is 30.3 Å². The molecule has 1 atom stereocenters. The molecule has 1 amide bonds. The summed E-state index contributed by atoms with van der Waals surface area (Å²) in [5, 5.41) is 9.79. The van der Waals surface area contributed by atoms with Crippen molar-refractivity contribution in [3.8, 4) is 17.0 Å². The number of amides is 1. The number of benzene rings is 1. The number of aromatic amines is 1. The highest BCUT2D eigenvalue weighted by Gasteiger charge is 2.36. The standard InChI is InChI=1S/C19H26N4O4S/c1-3-12-28(25,26)23-11-7-6-9-16(23)19(24)20-18-13-15(21-22-18)14-8-4-5-10-17(14)27-2/h4-5,8,10,13,16H,3,6-7,9,11-12H2,1-2H3,(H2,20,21,22,24). The summed E-state index contributed by atoms with van der Waals surface area (Å²) in [6.45, 7) is 2.20. The Morgan fingerprint density at radius 1 is 1.36 bits per heavy atom. The molecular weight excluding hydrogens is 380 g/mol. The average Bonchev–Trinajstić information content (AvgIpc) is 3.16. The maximum Gasteiger partial charge on any atom is 0.244 e. The van der Waals surface area contributed by atoms with E-state index in [1.165, 1.54) is 4.31 Å². The third-order valence-corrected chi connectivity index (χ3v) is 6.88. The first kappa shape index (κ1) is 20.3. The zero-order valence-corrected chi connectivity index (χ0v) is 17.0. The predicted molar refractivity (Wildman–Crippen MR) is 108 cm³/mol. The van der Waals surface area contributed by atoms with Crippen LogP contribution in [0.25, 0.3) is 11.3 Å². The van der Waals surface area contributed by atoms with Crippen LogP contribution in [-0.2, 0) is 14.8 Å². The van der Waals surface area contributed by atoms with Crippen molar-refractivity contribution in [3.63, 3.8) is 0 Å². The molecule has 2 aromatic rings. The number of anilines is 1. The van der Waals surface area contributed by atoms with Crippen LogP contribution in [0.2, 0.25) is 0 Å². The van der Waals surface area contributed by atoms with Gasteiger partial charge in [0.25, 0.3) is 0 Å². The summed E-state index contributed by atoms with van der Waals surface area (Å²) < 4.78 is 31.7. The first-order valence-corrected chi connectivity index (χ1v) is 11.1. The normalized spacial score (nSPS) is 18.0. The zero-order chi connectivity index (χ0) is 20.1. The number of methoxy groups -OCH3 is 1. The smallest absolute Gasteiger partial charge is 0.244 e. The summed E-state index contributed by atoms with van der Waals surface area (Å²) in [6, 6.07) is 8.50. The second-order valence-corrected chi connectivity index (χ2v) is 8.84. The lowest BCUT2D eigenvalue weighted by atomic mass is 10.0. The van der Waals surface area contributed by atoms with Crippen molar-refractivity contribution >= 4 is 21.7 Å². The maximum absolute atomic E-state index is 12.8. The Bertz CT molecular complexity index is 926. The summed E-state index contributed by atoms with van der Waals surface area (Å²) in [5.41, 5.74) is 1.52. The Labute approximate surface area is 165 Å². The summed E-state index contributed by atoms with van der Waals surface area (Å²) in [6.07, 6.45) is 2.63. The Balaban J connectivity index is 1.76. The third-order valence-electron chi connectivity index (χ3n) is 4.80. The molecule has 1 aliphatic rings. The SMILES string of the molecule is CCCS(=O)(=O)N1CCCCC1C(=O)Nc1cc(-c2ccccc2OC)[nH]n1. The Morgan fingerprint density at radius 3 is 2.89 bits per heavy atom. The second-order valence-electron chi connectivity index (χ2n) is 6.79. The van der Waals surface area contributed by atoms with E-state index in [2.05, 4.69) is 15.5 Å². The number of carbonyl (C=O) groups is 1. The van der Waals surface area contributed by atoms with Crippen LogP contribution in [-0.4, -0.2) is 54.3 Å². The molecule has 9 heteroatoms. The quantitative estimate of drug-likeness (QED) is 0.735. The molecule has 0 saturated carbocycles. The van der Waals surface area contributed by atoms with Crippen LogP contribution in [0.4, 0.5) is 5.82 Å². The van der Waals surface area contributed by atoms with Gasteiger partial charge in [0, 0.05) is 18.2 Å². The molecule has 1 aliphatic heterocycles. The number of hydrogen-bond acceptors (Lipinski definition) is 5. The largest absolute Gasteiger partial charge is 0.496 e. The molecule has 2 N–H and O–H groups in total. The first-order valence-electron chi connectivity index (χ1n) is 9.45. The van der Waals surface area contributed by atoms with E-state index in [0.29, 0.717) is 36.6 Å². The fraction of sp³-hybridized carbons (Fsp3) is 0.474. The van der Waals surface area contributed by atoms with Crippen molar-refractivity contribution in [2.75, 3.05) is 24.7 Å². The van der Waals surface area contributed by atoms with E-state index in [1.54, 1.807) is 13.2 Å². The number of carbonyl (C=O) groups excluding carboxylic acids is 1. The Hall–Kier alpha value is -2.39.